The minimum atomic E-state index is -0.891. The van der Waals surface area contributed by atoms with Crippen molar-refractivity contribution < 1.29 is 19.2 Å². The van der Waals surface area contributed by atoms with Crippen LogP contribution in [-0.4, -0.2) is 29.7 Å². The summed E-state index contributed by atoms with van der Waals surface area (Å²) in [5, 5.41) is 7.85. The smallest absolute Gasteiger partial charge is 0.254 e. The molecule has 114 valence electrons. The summed E-state index contributed by atoms with van der Waals surface area (Å²) in [4.78, 5) is 49.0. The van der Waals surface area contributed by atoms with Crippen LogP contribution in [0, 0.1) is 17.8 Å². The summed E-state index contributed by atoms with van der Waals surface area (Å²) in [6.45, 7) is 0. The molecule has 1 aliphatic carbocycles. The van der Waals surface area contributed by atoms with Gasteiger partial charge in [-0.05, 0) is 11.6 Å². The SMILES string of the molecule is O=C1NC(=O)C2C1=C1c3ccccc3NC1C1C(=O)NC(=O)C21. The van der Waals surface area contributed by atoms with Gasteiger partial charge in [-0.3, -0.25) is 29.8 Å². The third kappa shape index (κ3) is 1.35. The van der Waals surface area contributed by atoms with Gasteiger partial charge in [0, 0.05) is 16.8 Å². The van der Waals surface area contributed by atoms with E-state index < -0.39 is 47.4 Å². The number of para-hydroxylation sites is 1. The Morgan fingerprint density at radius 3 is 2.35 bits per heavy atom. The molecule has 0 spiro atoms. The number of anilines is 1. The Labute approximate surface area is 130 Å². The zero-order chi connectivity index (χ0) is 15.9. The maximum atomic E-state index is 12.3. The van der Waals surface area contributed by atoms with E-state index in [0.717, 1.165) is 11.3 Å². The topological polar surface area (TPSA) is 104 Å². The molecule has 0 saturated carbocycles. The van der Waals surface area contributed by atoms with Crippen LogP contribution in [0.5, 0.6) is 0 Å². The molecule has 4 amide bonds. The Kier molecular flexibility index (Phi) is 2.11. The molecule has 2 fully saturated rings. The van der Waals surface area contributed by atoms with Crippen molar-refractivity contribution in [2.75, 3.05) is 5.32 Å². The highest BCUT2D eigenvalue weighted by Gasteiger charge is 2.62. The van der Waals surface area contributed by atoms with Gasteiger partial charge in [0.2, 0.25) is 17.7 Å². The van der Waals surface area contributed by atoms with Crippen LogP contribution in [0.1, 0.15) is 5.56 Å². The standard InChI is InChI=1S/C16H11N3O4/c20-13-8-7-5-3-1-2-4-6(5)17-12(7)11-10(9(8)14(21)18-13)15(22)19-16(11)23/h1-4,9-12,17H,(H,18,20,21)(H,19,22,23). The van der Waals surface area contributed by atoms with Gasteiger partial charge in [-0.2, -0.15) is 0 Å². The lowest BCUT2D eigenvalue weighted by molar-refractivity contribution is -0.131. The number of benzene rings is 1. The van der Waals surface area contributed by atoms with E-state index in [-0.39, 0.29) is 0 Å². The first-order valence-electron chi connectivity index (χ1n) is 7.38. The number of hydrogen-bond acceptors (Lipinski definition) is 5. The van der Waals surface area contributed by atoms with Gasteiger partial charge in [-0.1, -0.05) is 18.2 Å². The van der Waals surface area contributed by atoms with Crippen molar-refractivity contribution in [1.29, 1.82) is 0 Å². The quantitative estimate of drug-likeness (QED) is 0.556. The number of rotatable bonds is 0. The number of carbonyl (C=O) groups is 4. The molecule has 7 nitrogen and oxygen atoms in total. The largest absolute Gasteiger partial charge is 0.377 e. The fourth-order valence-electron chi connectivity index (χ4n) is 4.33. The van der Waals surface area contributed by atoms with E-state index >= 15 is 0 Å². The molecule has 4 unspecified atom stereocenters. The van der Waals surface area contributed by atoms with E-state index in [1.165, 1.54) is 0 Å². The zero-order valence-electron chi connectivity index (χ0n) is 11.8. The normalized spacial score (nSPS) is 33.6. The van der Waals surface area contributed by atoms with Crippen LogP contribution >= 0.6 is 0 Å². The van der Waals surface area contributed by atoms with Crippen molar-refractivity contribution in [1.82, 2.24) is 10.6 Å². The number of fused-ring (bicyclic) bond motifs is 7. The van der Waals surface area contributed by atoms with Crippen molar-refractivity contribution >= 4 is 34.9 Å². The third-order valence-corrected chi connectivity index (χ3v) is 5.16. The zero-order valence-corrected chi connectivity index (χ0v) is 11.8. The van der Waals surface area contributed by atoms with E-state index in [4.69, 9.17) is 0 Å². The molecule has 0 aromatic heterocycles. The van der Waals surface area contributed by atoms with Crippen LogP contribution < -0.4 is 16.0 Å². The second-order valence-electron chi connectivity index (χ2n) is 6.20. The van der Waals surface area contributed by atoms with Gasteiger partial charge in [0.15, 0.2) is 0 Å². The van der Waals surface area contributed by atoms with Crippen molar-refractivity contribution in [2.45, 2.75) is 6.04 Å². The Morgan fingerprint density at radius 2 is 1.52 bits per heavy atom. The third-order valence-electron chi connectivity index (χ3n) is 5.16. The molecular formula is C16H11N3O4. The Hall–Kier alpha value is -2.96. The fraction of sp³-hybridized carbons (Fsp3) is 0.250. The molecule has 5 rings (SSSR count). The molecule has 4 aliphatic rings. The molecule has 7 heteroatoms. The lowest BCUT2D eigenvalue weighted by Crippen LogP contribution is -2.44. The maximum Gasteiger partial charge on any atom is 0.254 e. The summed E-state index contributed by atoms with van der Waals surface area (Å²) in [6, 6.07) is 6.93. The van der Waals surface area contributed by atoms with Crippen LogP contribution in [-0.2, 0) is 19.2 Å². The monoisotopic (exact) mass is 309 g/mol. The predicted molar refractivity (Wildman–Crippen MR) is 77.5 cm³/mol. The molecule has 0 bridgehead atoms. The molecule has 3 aliphatic heterocycles. The molecular weight excluding hydrogens is 298 g/mol. The van der Waals surface area contributed by atoms with Crippen LogP contribution in [0.2, 0.25) is 0 Å². The minimum Gasteiger partial charge on any atom is -0.377 e. The summed E-state index contributed by atoms with van der Waals surface area (Å²) < 4.78 is 0. The fourth-order valence-corrected chi connectivity index (χ4v) is 4.33. The van der Waals surface area contributed by atoms with Gasteiger partial charge in [-0.25, -0.2) is 0 Å². The van der Waals surface area contributed by atoms with E-state index in [2.05, 4.69) is 16.0 Å². The van der Waals surface area contributed by atoms with Gasteiger partial charge in [-0.15, -0.1) is 0 Å². The van der Waals surface area contributed by atoms with E-state index in [0.29, 0.717) is 11.1 Å². The van der Waals surface area contributed by atoms with Crippen LogP contribution in [0.15, 0.2) is 29.8 Å². The highest BCUT2D eigenvalue weighted by Crippen LogP contribution is 2.52. The highest BCUT2D eigenvalue weighted by atomic mass is 16.2. The second kappa shape index (κ2) is 3.87. The summed E-state index contributed by atoms with van der Waals surface area (Å²) in [5.74, 6) is -4.25. The molecule has 2 saturated heterocycles. The van der Waals surface area contributed by atoms with Gasteiger partial charge < -0.3 is 5.32 Å². The van der Waals surface area contributed by atoms with Crippen LogP contribution in [0.25, 0.3) is 5.57 Å². The number of imide groups is 2. The van der Waals surface area contributed by atoms with Crippen molar-refractivity contribution in [3.63, 3.8) is 0 Å². The number of amides is 4. The first-order valence-corrected chi connectivity index (χ1v) is 7.38. The van der Waals surface area contributed by atoms with Crippen molar-refractivity contribution in [3.05, 3.63) is 35.4 Å². The van der Waals surface area contributed by atoms with E-state index in [1.807, 2.05) is 24.3 Å². The first kappa shape index (κ1) is 12.6. The molecule has 1 aromatic carbocycles. The molecule has 3 N–H and O–H groups in total. The summed E-state index contributed by atoms with van der Waals surface area (Å²) >= 11 is 0. The van der Waals surface area contributed by atoms with Gasteiger partial charge in [0.25, 0.3) is 5.91 Å². The molecule has 1 aromatic rings. The van der Waals surface area contributed by atoms with Crippen LogP contribution in [0.3, 0.4) is 0 Å². The molecule has 4 atom stereocenters. The van der Waals surface area contributed by atoms with Crippen molar-refractivity contribution in [3.8, 4) is 0 Å². The number of nitrogens with one attached hydrogen (secondary N) is 3. The minimum absolute atomic E-state index is 0.323. The Bertz CT molecular complexity index is 872. The molecule has 0 radical (unpaired) electrons. The summed E-state index contributed by atoms with van der Waals surface area (Å²) in [6.07, 6.45) is 0. The summed E-state index contributed by atoms with van der Waals surface area (Å²) in [7, 11) is 0. The second-order valence-corrected chi connectivity index (χ2v) is 6.20. The number of hydrogen-bond donors (Lipinski definition) is 3. The van der Waals surface area contributed by atoms with Gasteiger partial charge in [0.1, 0.15) is 0 Å². The van der Waals surface area contributed by atoms with Gasteiger partial charge in [0.05, 0.1) is 23.8 Å². The summed E-state index contributed by atoms with van der Waals surface area (Å²) in [5.41, 5.74) is 2.61. The lowest BCUT2D eigenvalue weighted by atomic mass is 9.68. The van der Waals surface area contributed by atoms with E-state index in [1.54, 1.807) is 0 Å². The predicted octanol–water partition coefficient (Wildman–Crippen LogP) is -0.591. The number of carbonyl (C=O) groups excluding carboxylic acids is 4. The lowest BCUT2D eigenvalue weighted by Gasteiger charge is -2.32. The molecule has 3 heterocycles. The van der Waals surface area contributed by atoms with E-state index in [9.17, 15) is 19.2 Å². The van der Waals surface area contributed by atoms with Gasteiger partial charge >= 0.3 is 0 Å². The average Bonchev–Trinajstić information content (AvgIpc) is 3.12. The first-order chi connectivity index (χ1) is 11.1. The van der Waals surface area contributed by atoms with Crippen molar-refractivity contribution in [2.24, 2.45) is 17.8 Å². The average molecular weight is 309 g/mol. The maximum absolute atomic E-state index is 12.3. The highest BCUT2D eigenvalue weighted by molar-refractivity contribution is 6.24. The Morgan fingerprint density at radius 1 is 0.783 bits per heavy atom. The molecule has 23 heavy (non-hydrogen) atoms. The Balaban J connectivity index is 1.83. The van der Waals surface area contributed by atoms with Crippen LogP contribution in [0.4, 0.5) is 5.69 Å².